The first-order valence-electron chi connectivity index (χ1n) is 7.79. The number of carbonyl (C=O) groups is 1. The Kier molecular flexibility index (Phi) is 8.07. The molecule has 1 fully saturated rings. The van der Waals surface area contributed by atoms with E-state index in [2.05, 4.69) is 6.92 Å². The van der Waals surface area contributed by atoms with Crippen LogP contribution in [0.1, 0.15) is 71.1 Å². The number of carbonyl (C=O) groups excluding carboxylic acids is 1. The van der Waals surface area contributed by atoms with Gasteiger partial charge in [0.1, 0.15) is 6.10 Å². The molecule has 4 nitrogen and oxygen atoms in total. The van der Waals surface area contributed by atoms with Gasteiger partial charge in [-0.05, 0) is 6.42 Å². The predicted octanol–water partition coefficient (Wildman–Crippen LogP) is 2.52. The van der Waals surface area contributed by atoms with Crippen molar-refractivity contribution in [1.82, 2.24) is 0 Å². The van der Waals surface area contributed by atoms with Crippen molar-refractivity contribution in [3.05, 3.63) is 0 Å². The highest BCUT2D eigenvalue weighted by Gasteiger charge is 2.48. The zero-order chi connectivity index (χ0) is 14.1. The Bertz CT molecular complexity index is 258. The zero-order valence-corrected chi connectivity index (χ0v) is 12.1. The van der Waals surface area contributed by atoms with Gasteiger partial charge in [-0.1, -0.05) is 64.7 Å². The van der Waals surface area contributed by atoms with Crippen molar-refractivity contribution in [1.29, 1.82) is 0 Å². The van der Waals surface area contributed by atoms with Crippen molar-refractivity contribution in [3.8, 4) is 0 Å². The third-order valence-corrected chi connectivity index (χ3v) is 3.79. The van der Waals surface area contributed by atoms with Gasteiger partial charge >= 0.3 is 0 Å². The molecule has 19 heavy (non-hydrogen) atoms. The van der Waals surface area contributed by atoms with Gasteiger partial charge in [0, 0.05) is 0 Å². The molecule has 0 radical (unpaired) electrons. The quantitative estimate of drug-likeness (QED) is 0.423. The van der Waals surface area contributed by atoms with Gasteiger partial charge in [-0.25, -0.2) is 0 Å². The van der Waals surface area contributed by atoms with Crippen LogP contribution in [0.4, 0.5) is 0 Å². The number of primary amides is 1. The highest BCUT2D eigenvalue weighted by atomic mass is 16.6. The molecule has 0 unspecified atom stereocenters. The molecule has 0 aromatic rings. The molecule has 0 spiro atoms. The molecule has 0 saturated carbocycles. The molecule has 3 N–H and O–H groups in total. The van der Waals surface area contributed by atoms with Gasteiger partial charge in [-0.15, -0.1) is 0 Å². The second-order valence-corrected chi connectivity index (χ2v) is 5.61. The van der Waals surface area contributed by atoms with Gasteiger partial charge in [0.2, 0.25) is 5.91 Å². The standard InChI is InChI=1S/C15H29NO3/c1-2-3-4-5-6-7-8-9-10-11-12(17)13-14(19-13)15(16)18/h12-14,17H,2-11H2,1H3,(H2,16,18)/t12-,13+,14+/m0/s1. The summed E-state index contributed by atoms with van der Waals surface area (Å²) in [4.78, 5) is 10.8. The smallest absolute Gasteiger partial charge is 0.249 e. The van der Waals surface area contributed by atoms with Crippen molar-refractivity contribution in [3.63, 3.8) is 0 Å². The summed E-state index contributed by atoms with van der Waals surface area (Å²) in [6, 6.07) is 0. The summed E-state index contributed by atoms with van der Waals surface area (Å²) in [7, 11) is 0. The number of hydrogen-bond donors (Lipinski definition) is 2. The number of aliphatic hydroxyl groups is 1. The van der Waals surface area contributed by atoms with E-state index in [9.17, 15) is 9.90 Å². The van der Waals surface area contributed by atoms with Crippen LogP contribution in [0.5, 0.6) is 0 Å². The van der Waals surface area contributed by atoms with Crippen LogP contribution >= 0.6 is 0 Å². The minimum atomic E-state index is -0.548. The lowest BCUT2D eigenvalue weighted by atomic mass is 10.0. The molecule has 0 aliphatic carbocycles. The van der Waals surface area contributed by atoms with Crippen LogP contribution in [0.3, 0.4) is 0 Å². The summed E-state index contributed by atoms with van der Waals surface area (Å²) in [6.45, 7) is 2.23. The van der Waals surface area contributed by atoms with E-state index in [1.807, 2.05) is 0 Å². The van der Waals surface area contributed by atoms with E-state index in [1.54, 1.807) is 0 Å². The van der Waals surface area contributed by atoms with Crippen molar-refractivity contribution < 1.29 is 14.6 Å². The molecular weight excluding hydrogens is 242 g/mol. The van der Waals surface area contributed by atoms with E-state index in [4.69, 9.17) is 10.5 Å². The molecule has 1 aliphatic heterocycles. The summed E-state index contributed by atoms with van der Waals surface area (Å²) in [5.41, 5.74) is 5.10. The number of unbranched alkanes of at least 4 members (excludes halogenated alkanes) is 8. The van der Waals surface area contributed by atoms with Gasteiger partial charge in [0.05, 0.1) is 6.10 Å². The molecule has 112 valence electrons. The van der Waals surface area contributed by atoms with Gasteiger partial charge in [0.25, 0.3) is 0 Å². The molecule has 1 saturated heterocycles. The Morgan fingerprint density at radius 2 is 1.63 bits per heavy atom. The third-order valence-electron chi connectivity index (χ3n) is 3.79. The van der Waals surface area contributed by atoms with Crippen LogP contribution in [-0.4, -0.2) is 29.3 Å². The molecule has 0 bridgehead atoms. The maximum absolute atomic E-state index is 10.8. The Balaban J connectivity index is 1.85. The monoisotopic (exact) mass is 271 g/mol. The third kappa shape index (κ3) is 6.92. The molecular formula is C15H29NO3. The lowest BCUT2D eigenvalue weighted by Crippen LogP contribution is -2.25. The lowest BCUT2D eigenvalue weighted by Gasteiger charge is -2.07. The molecule has 3 atom stereocenters. The zero-order valence-electron chi connectivity index (χ0n) is 12.1. The number of amides is 1. The molecule has 4 heteroatoms. The van der Waals surface area contributed by atoms with E-state index in [0.29, 0.717) is 6.42 Å². The van der Waals surface area contributed by atoms with Crippen molar-refractivity contribution in [2.24, 2.45) is 5.73 Å². The van der Waals surface area contributed by atoms with E-state index < -0.39 is 18.1 Å². The second kappa shape index (κ2) is 9.32. The minimum Gasteiger partial charge on any atom is -0.390 e. The Morgan fingerprint density at radius 3 is 2.11 bits per heavy atom. The largest absolute Gasteiger partial charge is 0.390 e. The number of epoxide rings is 1. The first-order chi connectivity index (χ1) is 9.16. The molecule has 0 aromatic heterocycles. The van der Waals surface area contributed by atoms with Gasteiger partial charge in [0.15, 0.2) is 6.10 Å². The fourth-order valence-corrected chi connectivity index (χ4v) is 2.47. The van der Waals surface area contributed by atoms with Crippen LogP contribution in [-0.2, 0) is 9.53 Å². The van der Waals surface area contributed by atoms with Crippen LogP contribution < -0.4 is 5.73 Å². The topological polar surface area (TPSA) is 75.8 Å². The summed E-state index contributed by atoms with van der Waals surface area (Å²) >= 11 is 0. The van der Waals surface area contributed by atoms with E-state index >= 15 is 0 Å². The van der Waals surface area contributed by atoms with E-state index in [-0.39, 0.29) is 6.10 Å². The average Bonchev–Trinajstić information content (AvgIpc) is 3.17. The maximum atomic E-state index is 10.8. The number of rotatable bonds is 12. The minimum absolute atomic E-state index is 0.341. The van der Waals surface area contributed by atoms with E-state index in [1.165, 1.54) is 44.9 Å². The van der Waals surface area contributed by atoms with E-state index in [0.717, 1.165) is 12.8 Å². The highest BCUT2D eigenvalue weighted by Crippen LogP contribution is 2.27. The SMILES string of the molecule is CCCCCCCCCCC[C@H](O)[C@H]1O[C@H]1C(N)=O. The van der Waals surface area contributed by atoms with Crippen molar-refractivity contribution in [2.75, 3.05) is 0 Å². The van der Waals surface area contributed by atoms with Crippen LogP contribution in [0.15, 0.2) is 0 Å². The first kappa shape index (κ1) is 16.4. The second-order valence-electron chi connectivity index (χ2n) is 5.61. The first-order valence-corrected chi connectivity index (χ1v) is 7.79. The molecule has 1 amide bonds. The van der Waals surface area contributed by atoms with Gasteiger partial charge < -0.3 is 15.6 Å². The Labute approximate surface area is 116 Å². The van der Waals surface area contributed by atoms with Crippen molar-refractivity contribution >= 4 is 5.91 Å². The van der Waals surface area contributed by atoms with Gasteiger partial charge in [-0.3, -0.25) is 4.79 Å². The highest BCUT2D eigenvalue weighted by molar-refractivity contribution is 5.81. The number of hydrogen-bond acceptors (Lipinski definition) is 3. The molecule has 0 aromatic carbocycles. The van der Waals surface area contributed by atoms with Crippen molar-refractivity contribution in [2.45, 2.75) is 89.4 Å². The summed E-state index contributed by atoms with van der Waals surface area (Å²) in [5, 5.41) is 9.78. The Morgan fingerprint density at radius 1 is 1.11 bits per heavy atom. The number of ether oxygens (including phenoxy) is 1. The Hall–Kier alpha value is -0.610. The van der Waals surface area contributed by atoms with Crippen LogP contribution in [0.25, 0.3) is 0 Å². The summed E-state index contributed by atoms with van der Waals surface area (Å²) < 4.78 is 5.05. The predicted molar refractivity (Wildman–Crippen MR) is 75.7 cm³/mol. The number of aliphatic hydroxyl groups excluding tert-OH is 1. The lowest BCUT2D eigenvalue weighted by molar-refractivity contribution is -0.119. The summed E-state index contributed by atoms with van der Waals surface area (Å²) in [6.07, 6.45) is 10.7. The maximum Gasteiger partial charge on any atom is 0.249 e. The normalized spacial score (nSPS) is 23.3. The fraction of sp³-hybridized carbons (Fsp3) is 0.933. The molecule has 1 rings (SSSR count). The van der Waals surface area contributed by atoms with Crippen LogP contribution in [0.2, 0.25) is 0 Å². The average molecular weight is 271 g/mol. The molecule has 1 heterocycles. The number of nitrogens with two attached hydrogens (primary N) is 1. The fourth-order valence-electron chi connectivity index (χ4n) is 2.47. The van der Waals surface area contributed by atoms with Gasteiger partial charge in [-0.2, -0.15) is 0 Å². The summed E-state index contributed by atoms with van der Waals surface area (Å²) in [5.74, 6) is -0.462. The van der Waals surface area contributed by atoms with Crippen LogP contribution in [0, 0.1) is 0 Å². The molecule has 1 aliphatic rings.